The van der Waals surface area contributed by atoms with Crippen LogP contribution >= 0.6 is 0 Å². The van der Waals surface area contributed by atoms with E-state index in [9.17, 15) is 22.3 Å². The van der Waals surface area contributed by atoms with Crippen molar-refractivity contribution in [3.8, 4) is 6.07 Å². The number of aliphatic hydroxyl groups is 1. The average molecular weight is 338 g/mol. The third kappa shape index (κ3) is 4.03. The second kappa shape index (κ2) is 6.32. The fourth-order valence-corrected chi connectivity index (χ4v) is 2.63. The first kappa shape index (κ1) is 16.9. The molecule has 2 aromatic rings. The zero-order chi connectivity index (χ0) is 17.2. The van der Waals surface area contributed by atoms with Crippen LogP contribution in [-0.4, -0.2) is 19.8 Å². The summed E-state index contributed by atoms with van der Waals surface area (Å²) in [5.41, 5.74) is -0.0960. The summed E-state index contributed by atoms with van der Waals surface area (Å²) in [6.45, 7) is 0. The molecule has 0 heterocycles. The van der Waals surface area contributed by atoms with Gasteiger partial charge in [-0.3, -0.25) is 4.72 Å². The van der Waals surface area contributed by atoms with Gasteiger partial charge in [0.1, 0.15) is 17.7 Å². The quantitative estimate of drug-likeness (QED) is 0.895. The summed E-state index contributed by atoms with van der Waals surface area (Å²) < 4.78 is 51.8. The van der Waals surface area contributed by atoms with E-state index >= 15 is 0 Å². The Labute approximate surface area is 131 Å². The molecule has 0 radical (unpaired) electrons. The number of benzene rings is 2. The molecule has 23 heavy (non-hydrogen) atoms. The van der Waals surface area contributed by atoms with Crippen molar-refractivity contribution in [3.05, 3.63) is 64.7 Å². The second-order valence-electron chi connectivity index (χ2n) is 4.86. The number of nitrogens with zero attached hydrogens (tertiary/aromatic N) is 1. The third-order valence-electron chi connectivity index (χ3n) is 3.03. The highest BCUT2D eigenvalue weighted by Gasteiger charge is 2.20. The molecule has 0 fully saturated rings. The minimum Gasteiger partial charge on any atom is -0.383 e. The largest absolute Gasteiger partial charge is 0.383 e. The van der Waals surface area contributed by atoms with Crippen molar-refractivity contribution in [2.45, 2.75) is 6.10 Å². The van der Waals surface area contributed by atoms with Gasteiger partial charge < -0.3 is 5.11 Å². The van der Waals surface area contributed by atoms with Crippen LogP contribution in [0.4, 0.5) is 14.5 Å². The molecule has 0 aliphatic carbocycles. The molecular weight excluding hydrogens is 326 g/mol. The Bertz CT molecular complexity index is 892. The van der Waals surface area contributed by atoms with E-state index < -0.39 is 27.8 Å². The molecule has 0 amide bonds. The molecule has 2 rings (SSSR count). The Morgan fingerprint density at radius 2 is 1.87 bits per heavy atom. The number of halogens is 2. The van der Waals surface area contributed by atoms with Gasteiger partial charge >= 0.3 is 0 Å². The Morgan fingerprint density at radius 1 is 1.17 bits per heavy atom. The van der Waals surface area contributed by atoms with E-state index in [1.165, 1.54) is 18.2 Å². The smallest absolute Gasteiger partial charge is 0.229 e. The lowest BCUT2D eigenvalue weighted by atomic mass is 9.98. The van der Waals surface area contributed by atoms with E-state index in [0.717, 1.165) is 18.4 Å². The van der Waals surface area contributed by atoms with Gasteiger partial charge in [-0.1, -0.05) is 6.07 Å². The molecule has 0 saturated carbocycles. The number of anilines is 1. The molecule has 0 aromatic heterocycles. The van der Waals surface area contributed by atoms with Crippen molar-refractivity contribution in [2.24, 2.45) is 0 Å². The highest BCUT2D eigenvalue weighted by atomic mass is 32.2. The van der Waals surface area contributed by atoms with Crippen LogP contribution in [0.5, 0.6) is 0 Å². The Morgan fingerprint density at radius 3 is 2.43 bits per heavy atom. The maximum atomic E-state index is 13.8. The maximum absolute atomic E-state index is 13.8. The van der Waals surface area contributed by atoms with Crippen LogP contribution in [0.25, 0.3) is 0 Å². The SMILES string of the molecule is CS(=O)(=O)Nc1ccc(C#N)cc1C(O)c1ccc(F)cc1F. The molecule has 8 heteroatoms. The van der Waals surface area contributed by atoms with E-state index in [1.807, 2.05) is 6.07 Å². The Kier molecular flexibility index (Phi) is 4.63. The second-order valence-corrected chi connectivity index (χ2v) is 6.60. The van der Waals surface area contributed by atoms with Crippen LogP contribution in [-0.2, 0) is 10.0 Å². The lowest BCUT2D eigenvalue weighted by molar-refractivity contribution is 0.215. The first-order valence-corrected chi connectivity index (χ1v) is 8.25. The number of aliphatic hydroxyl groups excluding tert-OH is 1. The first-order valence-electron chi connectivity index (χ1n) is 6.36. The Hall–Kier alpha value is -2.50. The van der Waals surface area contributed by atoms with Gasteiger partial charge in [0.15, 0.2) is 0 Å². The van der Waals surface area contributed by atoms with Crippen molar-refractivity contribution >= 4 is 15.7 Å². The summed E-state index contributed by atoms with van der Waals surface area (Å²) in [5.74, 6) is -1.79. The fourth-order valence-electron chi connectivity index (χ4n) is 2.04. The van der Waals surface area contributed by atoms with Crippen molar-refractivity contribution in [1.82, 2.24) is 0 Å². The van der Waals surface area contributed by atoms with Gasteiger partial charge in [0.25, 0.3) is 0 Å². The van der Waals surface area contributed by atoms with Gasteiger partial charge in [-0.2, -0.15) is 5.26 Å². The molecule has 0 aliphatic heterocycles. The number of nitriles is 1. The lowest BCUT2D eigenvalue weighted by Gasteiger charge is -2.17. The number of hydrogen-bond donors (Lipinski definition) is 2. The number of hydrogen-bond acceptors (Lipinski definition) is 4. The molecule has 0 aliphatic rings. The molecule has 0 bridgehead atoms. The number of rotatable bonds is 4. The highest BCUT2D eigenvalue weighted by molar-refractivity contribution is 7.92. The average Bonchev–Trinajstić information content (AvgIpc) is 2.45. The van der Waals surface area contributed by atoms with Crippen LogP contribution in [0.2, 0.25) is 0 Å². The molecule has 1 unspecified atom stereocenters. The summed E-state index contributed by atoms with van der Waals surface area (Å²) >= 11 is 0. The van der Waals surface area contributed by atoms with E-state index in [2.05, 4.69) is 4.72 Å². The first-order chi connectivity index (χ1) is 10.7. The van der Waals surface area contributed by atoms with Gasteiger partial charge in [0.2, 0.25) is 10.0 Å². The van der Waals surface area contributed by atoms with E-state index in [4.69, 9.17) is 5.26 Å². The van der Waals surface area contributed by atoms with Crippen molar-refractivity contribution in [1.29, 1.82) is 5.26 Å². The minimum absolute atomic E-state index is 0.00252. The molecule has 2 N–H and O–H groups in total. The van der Waals surface area contributed by atoms with Crippen LogP contribution in [0.15, 0.2) is 36.4 Å². The summed E-state index contributed by atoms with van der Waals surface area (Å²) in [5, 5.41) is 19.3. The number of nitrogens with one attached hydrogen (secondary N) is 1. The molecule has 2 aromatic carbocycles. The van der Waals surface area contributed by atoms with Gasteiger partial charge in [0, 0.05) is 17.2 Å². The van der Waals surface area contributed by atoms with Crippen LogP contribution in [0.1, 0.15) is 22.8 Å². The number of sulfonamides is 1. The minimum atomic E-state index is -3.65. The van der Waals surface area contributed by atoms with Crippen LogP contribution in [0.3, 0.4) is 0 Å². The summed E-state index contributed by atoms with van der Waals surface area (Å²) in [6, 6.07) is 8.36. The Balaban J connectivity index is 2.57. The predicted octanol–water partition coefficient (Wildman–Crippen LogP) is 2.29. The molecular formula is C15H12F2N2O3S. The van der Waals surface area contributed by atoms with Crippen molar-refractivity contribution < 1.29 is 22.3 Å². The topological polar surface area (TPSA) is 90.2 Å². The van der Waals surface area contributed by atoms with Gasteiger partial charge in [-0.15, -0.1) is 0 Å². The maximum Gasteiger partial charge on any atom is 0.229 e. The highest BCUT2D eigenvalue weighted by Crippen LogP contribution is 2.31. The van der Waals surface area contributed by atoms with E-state index in [0.29, 0.717) is 6.07 Å². The lowest BCUT2D eigenvalue weighted by Crippen LogP contribution is -2.14. The standard InChI is InChI=1S/C15H12F2N2O3S/c1-23(21,22)19-14-5-2-9(8-18)6-12(14)15(20)11-4-3-10(16)7-13(11)17/h2-7,15,19-20H,1H3. The zero-order valence-corrected chi connectivity index (χ0v) is 12.7. The predicted molar refractivity (Wildman–Crippen MR) is 80.0 cm³/mol. The van der Waals surface area contributed by atoms with Gasteiger partial charge in [-0.25, -0.2) is 17.2 Å². The summed E-state index contributed by atoms with van der Waals surface area (Å²) in [4.78, 5) is 0. The zero-order valence-electron chi connectivity index (χ0n) is 11.9. The normalized spacial score (nSPS) is 12.5. The van der Waals surface area contributed by atoms with Crippen molar-refractivity contribution in [3.63, 3.8) is 0 Å². The van der Waals surface area contributed by atoms with Gasteiger partial charge in [0.05, 0.1) is 23.6 Å². The van der Waals surface area contributed by atoms with Crippen molar-refractivity contribution in [2.75, 3.05) is 11.0 Å². The van der Waals surface area contributed by atoms with Crippen LogP contribution < -0.4 is 4.72 Å². The van der Waals surface area contributed by atoms with Crippen LogP contribution in [0, 0.1) is 23.0 Å². The summed E-state index contributed by atoms with van der Waals surface area (Å²) in [6.07, 6.45) is -0.659. The van der Waals surface area contributed by atoms with Gasteiger partial charge in [-0.05, 0) is 24.3 Å². The summed E-state index contributed by atoms with van der Waals surface area (Å²) in [7, 11) is -3.65. The third-order valence-corrected chi connectivity index (χ3v) is 3.62. The fraction of sp³-hybridized carbons (Fsp3) is 0.133. The molecule has 5 nitrogen and oxygen atoms in total. The molecule has 0 saturated heterocycles. The molecule has 1 atom stereocenters. The van der Waals surface area contributed by atoms with E-state index in [-0.39, 0.29) is 22.4 Å². The van der Waals surface area contributed by atoms with E-state index in [1.54, 1.807) is 0 Å². The monoisotopic (exact) mass is 338 g/mol. The molecule has 120 valence electrons. The molecule has 0 spiro atoms.